The second kappa shape index (κ2) is 16.2. The van der Waals surface area contributed by atoms with Gasteiger partial charge in [-0.05, 0) is 35.4 Å². The molecule has 0 heterocycles. The molecular weight excluding hydrogens is 528 g/mol. The van der Waals surface area contributed by atoms with Crippen LogP contribution in [-0.4, -0.2) is 36.3 Å². The molecule has 5 rings (SSSR count). The molecule has 6 heteroatoms. The van der Waals surface area contributed by atoms with Gasteiger partial charge in [0.2, 0.25) is 6.79 Å². The minimum Gasteiger partial charge on any atom is -0.516 e. The maximum absolute atomic E-state index is 10.5. The number of hydrogen-bond acceptors (Lipinski definition) is 6. The van der Waals surface area contributed by atoms with Gasteiger partial charge < -0.3 is 29.2 Å². The first-order chi connectivity index (χ1) is 20.7. The Bertz CT molecular complexity index is 1500. The zero-order chi connectivity index (χ0) is 29.4. The summed E-state index contributed by atoms with van der Waals surface area (Å²) in [6, 6.07) is 43.0. The van der Waals surface area contributed by atoms with Crippen LogP contribution in [0.25, 0.3) is 22.3 Å². The molecule has 5 aromatic rings. The van der Waals surface area contributed by atoms with Crippen molar-refractivity contribution in [3.63, 3.8) is 0 Å². The van der Waals surface area contributed by atoms with Crippen molar-refractivity contribution in [2.75, 3.05) is 20.0 Å². The first-order valence-corrected chi connectivity index (χ1v) is 13.5. The second-order valence-corrected chi connectivity index (χ2v) is 9.06. The van der Waals surface area contributed by atoms with Crippen molar-refractivity contribution in [1.82, 2.24) is 0 Å². The fourth-order valence-electron chi connectivity index (χ4n) is 4.14. The van der Waals surface area contributed by atoms with E-state index in [2.05, 4.69) is 6.58 Å². The second-order valence-electron chi connectivity index (χ2n) is 9.06. The number of hydrogen-bond donors (Lipinski definition) is 2. The van der Waals surface area contributed by atoms with Gasteiger partial charge in [-0.2, -0.15) is 0 Å². The predicted octanol–water partition coefficient (Wildman–Crippen LogP) is 7.94. The van der Waals surface area contributed by atoms with E-state index in [1.54, 1.807) is 6.07 Å². The highest BCUT2D eigenvalue weighted by atomic mass is 16.7. The van der Waals surface area contributed by atoms with Crippen LogP contribution < -0.4 is 18.9 Å². The summed E-state index contributed by atoms with van der Waals surface area (Å²) < 4.78 is 23.5. The van der Waals surface area contributed by atoms with Gasteiger partial charge in [0.15, 0.2) is 0 Å². The number of aliphatic hydroxyl groups is 2. The average Bonchev–Trinajstić information content (AvgIpc) is 3.04. The molecule has 0 aliphatic carbocycles. The highest BCUT2D eigenvalue weighted by molar-refractivity contribution is 5.71. The van der Waals surface area contributed by atoms with E-state index in [0.29, 0.717) is 17.2 Å². The SMILES string of the molecule is C=CO.OC(COc1cccc(OCOc2ccccc2-c2ccccc2)c1)COc1ccccc1-c1ccccc1. The molecule has 0 radical (unpaired) electrons. The lowest BCUT2D eigenvalue weighted by molar-refractivity contribution is 0.0625. The fourth-order valence-corrected chi connectivity index (χ4v) is 4.14. The van der Waals surface area contributed by atoms with E-state index in [-0.39, 0.29) is 20.0 Å². The molecule has 6 nitrogen and oxygen atoms in total. The Morgan fingerprint density at radius 1 is 0.548 bits per heavy atom. The Balaban J connectivity index is 0.00000129. The third-order valence-electron chi connectivity index (χ3n) is 6.06. The lowest BCUT2D eigenvalue weighted by Crippen LogP contribution is -2.25. The van der Waals surface area contributed by atoms with Gasteiger partial charge in [0.25, 0.3) is 0 Å². The number of benzene rings is 5. The summed E-state index contributed by atoms with van der Waals surface area (Å²) in [5.74, 6) is 2.65. The number of rotatable bonds is 12. The third kappa shape index (κ3) is 8.91. The molecule has 0 saturated carbocycles. The van der Waals surface area contributed by atoms with Crippen LogP contribution in [0.2, 0.25) is 0 Å². The van der Waals surface area contributed by atoms with E-state index < -0.39 is 6.10 Å². The molecule has 42 heavy (non-hydrogen) atoms. The zero-order valence-electron chi connectivity index (χ0n) is 23.2. The number of aliphatic hydroxyl groups excluding tert-OH is 2. The maximum Gasteiger partial charge on any atom is 0.230 e. The Kier molecular flexibility index (Phi) is 11.5. The Labute approximate surface area is 246 Å². The van der Waals surface area contributed by atoms with Gasteiger partial charge in [-0.3, -0.25) is 0 Å². The van der Waals surface area contributed by atoms with Gasteiger partial charge in [-0.1, -0.05) is 110 Å². The lowest BCUT2D eigenvalue weighted by atomic mass is 10.1. The highest BCUT2D eigenvalue weighted by Gasteiger charge is 2.11. The minimum absolute atomic E-state index is 0.0462. The fraction of sp³-hybridized carbons (Fsp3) is 0.111. The maximum atomic E-state index is 10.5. The van der Waals surface area contributed by atoms with E-state index in [0.717, 1.165) is 34.3 Å². The van der Waals surface area contributed by atoms with Crippen molar-refractivity contribution < 1.29 is 29.2 Å². The average molecular weight is 563 g/mol. The van der Waals surface area contributed by atoms with Crippen LogP contribution in [0.15, 0.2) is 146 Å². The van der Waals surface area contributed by atoms with E-state index in [4.69, 9.17) is 24.1 Å². The molecule has 0 spiro atoms. The first-order valence-electron chi connectivity index (χ1n) is 13.5. The van der Waals surface area contributed by atoms with Crippen LogP contribution >= 0.6 is 0 Å². The normalized spacial score (nSPS) is 10.9. The summed E-state index contributed by atoms with van der Waals surface area (Å²) >= 11 is 0. The standard InChI is InChI=1S/C34H30O5.C2H4O/c35-28(24-37-33-20-9-7-18-31(33)26-12-3-1-4-13-26)23-36-29-16-11-17-30(22-29)38-25-39-34-21-10-8-19-32(34)27-14-5-2-6-15-27;1-2-3/h1-22,28,35H,23-25H2;2-3H,1H2. The molecule has 0 aliphatic heterocycles. The van der Waals surface area contributed by atoms with Crippen molar-refractivity contribution in [2.45, 2.75) is 6.10 Å². The van der Waals surface area contributed by atoms with Crippen molar-refractivity contribution in [3.05, 3.63) is 146 Å². The molecule has 0 bridgehead atoms. The van der Waals surface area contributed by atoms with Crippen molar-refractivity contribution >= 4 is 0 Å². The molecule has 0 aromatic heterocycles. The molecule has 2 N–H and O–H groups in total. The molecule has 1 atom stereocenters. The van der Waals surface area contributed by atoms with Gasteiger partial charge in [0.05, 0.1) is 6.26 Å². The predicted molar refractivity (Wildman–Crippen MR) is 166 cm³/mol. The largest absolute Gasteiger partial charge is 0.516 e. The van der Waals surface area contributed by atoms with Crippen molar-refractivity contribution in [2.24, 2.45) is 0 Å². The minimum atomic E-state index is -0.809. The summed E-state index contributed by atoms with van der Waals surface area (Å²) in [7, 11) is 0. The molecular formula is C36H34O6. The summed E-state index contributed by atoms with van der Waals surface area (Å²) in [6.45, 7) is 3.15. The summed E-state index contributed by atoms with van der Waals surface area (Å²) in [4.78, 5) is 0. The monoisotopic (exact) mass is 562 g/mol. The molecule has 0 fully saturated rings. The van der Waals surface area contributed by atoms with Crippen LogP contribution in [0.3, 0.4) is 0 Å². The van der Waals surface area contributed by atoms with E-state index in [1.165, 1.54) is 0 Å². The quantitative estimate of drug-likeness (QED) is 0.119. The van der Waals surface area contributed by atoms with E-state index >= 15 is 0 Å². The van der Waals surface area contributed by atoms with Crippen molar-refractivity contribution in [1.29, 1.82) is 0 Å². The Morgan fingerprint density at radius 3 is 1.57 bits per heavy atom. The van der Waals surface area contributed by atoms with Crippen molar-refractivity contribution in [3.8, 4) is 45.3 Å². The lowest BCUT2D eigenvalue weighted by Gasteiger charge is -2.16. The van der Waals surface area contributed by atoms with Crippen LogP contribution in [0.1, 0.15) is 0 Å². The van der Waals surface area contributed by atoms with E-state index in [9.17, 15) is 5.11 Å². The zero-order valence-corrected chi connectivity index (χ0v) is 23.2. The van der Waals surface area contributed by atoms with E-state index in [1.807, 2.05) is 127 Å². The van der Waals surface area contributed by atoms with Crippen LogP contribution in [0.4, 0.5) is 0 Å². The highest BCUT2D eigenvalue weighted by Crippen LogP contribution is 2.31. The van der Waals surface area contributed by atoms with Gasteiger partial charge in [-0.25, -0.2) is 0 Å². The smallest absolute Gasteiger partial charge is 0.230 e. The molecule has 5 aromatic carbocycles. The topological polar surface area (TPSA) is 77.4 Å². The third-order valence-corrected chi connectivity index (χ3v) is 6.06. The molecule has 214 valence electrons. The number of para-hydroxylation sites is 2. The van der Waals surface area contributed by atoms with Gasteiger partial charge >= 0.3 is 0 Å². The van der Waals surface area contributed by atoms with Gasteiger partial charge in [0.1, 0.15) is 42.3 Å². The Hall–Kier alpha value is -5.20. The summed E-state index contributed by atoms with van der Waals surface area (Å²) in [5.41, 5.74) is 4.11. The van der Waals surface area contributed by atoms with Gasteiger partial charge in [-0.15, -0.1) is 0 Å². The summed E-state index contributed by atoms with van der Waals surface area (Å²) in [6.07, 6.45) is -0.0591. The molecule has 0 saturated heterocycles. The van der Waals surface area contributed by atoms with Gasteiger partial charge in [0, 0.05) is 17.2 Å². The molecule has 0 amide bonds. The van der Waals surface area contributed by atoms with Crippen LogP contribution in [-0.2, 0) is 0 Å². The first kappa shape index (κ1) is 29.8. The molecule has 0 aliphatic rings. The summed E-state index contributed by atoms with van der Waals surface area (Å²) in [5, 5.41) is 17.8. The number of ether oxygens (including phenoxy) is 4. The van der Waals surface area contributed by atoms with Crippen LogP contribution in [0.5, 0.6) is 23.0 Å². The van der Waals surface area contributed by atoms with Crippen LogP contribution in [0, 0.1) is 0 Å². The Morgan fingerprint density at radius 2 is 1.00 bits per heavy atom. The molecule has 1 unspecified atom stereocenters.